The van der Waals surface area contributed by atoms with Gasteiger partial charge in [0.2, 0.25) is 0 Å². The van der Waals surface area contributed by atoms with Gasteiger partial charge in [0.05, 0.1) is 11.7 Å². The first-order valence-corrected chi connectivity index (χ1v) is 7.42. The van der Waals surface area contributed by atoms with E-state index in [-0.39, 0.29) is 5.60 Å². The zero-order valence-corrected chi connectivity index (χ0v) is 12.5. The Labute approximate surface area is 117 Å². The van der Waals surface area contributed by atoms with Crippen LogP contribution in [0.25, 0.3) is 0 Å². The molecule has 1 aromatic rings. The lowest BCUT2D eigenvalue weighted by atomic mass is 9.92. The van der Waals surface area contributed by atoms with Crippen molar-refractivity contribution in [3.8, 4) is 0 Å². The molecule has 2 nitrogen and oxygen atoms in total. The van der Waals surface area contributed by atoms with Crippen molar-refractivity contribution >= 4 is 0 Å². The molecule has 0 aromatic heterocycles. The van der Waals surface area contributed by atoms with E-state index < -0.39 is 0 Å². The highest BCUT2D eigenvalue weighted by Crippen LogP contribution is 2.32. The molecular formula is C17H27NO. The second-order valence-electron chi connectivity index (χ2n) is 6.57. The molecule has 1 heterocycles. The monoisotopic (exact) mass is 261 g/mol. The summed E-state index contributed by atoms with van der Waals surface area (Å²) in [6.45, 7) is 7.24. The molecule has 0 bridgehead atoms. The first-order valence-electron chi connectivity index (χ1n) is 7.42. The molecule has 19 heavy (non-hydrogen) atoms. The molecule has 0 radical (unpaired) electrons. The van der Waals surface area contributed by atoms with Gasteiger partial charge in [-0.2, -0.15) is 0 Å². The molecular weight excluding hydrogens is 234 g/mol. The predicted molar refractivity (Wildman–Crippen MR) is 80.2 cm³/mol. The Morgan fingerprint density at radius 2 is 2.00 bits per heavy atom. The van der Waals surface area contributed by atoms with Crippen LogP contribution in [0, 0.1) is 12.8 Å². The van der Waals surface area contributed by atoms with E-state index in [1.54, 1.807) is 0 Å². The lowest BCUT2D eigenvalue weighted by Crippen LogP contribution is -2.25. The van der Waals surface area contributed by atoms with Crippen molar-refractivity contribution in [3.63, 3.8) is 0 Å². The third-order valence-corrected chi connectivity index (χ3v) is 4.13. The predicted octanol–water partition coefficient (Wildman–Crippen LogP) is 3.46. The van der Waals surface area contributed by atoms with Gasteiger partial charge in [0, 0.05) is 0 Å². The highest BCUT2D eigenvalue weighted by Gasteiger charge is 2.32. The molecule has 1 saturated heterocycles. The Bertz CT molecular complexity index is 396. The van der Waals surface area contributed by atoms with Crippen molar-refractivity contribution < 1.29 is 4.74 Å². The molecule has 0 spiro atoms. The maximum absolute atomic E-state index is 6.08. The molecule has 0 amide bonds. The molecule has 2 rings (SSSR count). The molecule has 1 fully saturated rings. The molecule has 1 aliphatic heterocycles. The summed E-state index contributed by atoms with van der Waals surface area (Å²) >= 11 is 0. The molecule has 1 aliphatic rings. The molecule has 0 aliphatic carbocycles. The second kappa shape index (κ2) is 6.06. The fourth-order valence-electron chi connectivity index (χ4n) is 2.94. The summed E-state index contributed by atoms with van der Waals surface area (Å²) < 4.78 is 6.08. The summed E-state index contributed by atoms with van der Waals surface area (Å²) in [5.41, 5.74) is 8.70. The SMILES string of the molecule is Cc1ccc(CC(CN)CC2CCC(C)(C)O2)cc1. The van der Waals surface area contributed by atoms with E-state index in [2.05, 4.69) is 45.0 Å². The maximum atomic E-state index is 6.08. The molecule has 106 valence electrons. The van der Waals surface area contributed by atoms with Crippen LogP contribution >= 0.6 is 0 Å². The average Bonchev–Trinajstić information content (AvgIpc) is 2.70. The summed E-state index contributed by atoms with van der Waals surface area (Å²) in [6.07, 6.45) is 4.90. The number of nitrogens with two attached hydrogens (primary N) is 1. The Morgan fingerprint density at radius 1 is 1.32 bits per heavy atom. The van der Waals surface area contributed by atoms with E-state index in [0.29, 0.717) is 12.0 Å². The van der Waals surface area contributed by atoms with Crippen molar-refractivity contribution in [2.75, 3.05) is 6.54 Å². The van der Waals surface area contributed by atoms with Gasteiger partial charge in [-0.1, -0.05) is 29.8 Å². The van der Waals surface area contributed by atoms with Crippen molar-refractivity contribution in [1.29, 1.82) is 0 Å². The minimum atomic E-state index is 0.0632. The summed E-state index contributed by atoms with van der Waals surface area (Å²) in [7, 11) is 0. The van der Waals surface area contributed by atoms with Gasteiger partial charge in [-0.15, -0.1) is 0 Å². The Balaban J connectivity index is 1.88. The van der Waals surface area contributed by atoms with E-state index >= 15 is 0 Å². The van der Waals surface area contributed by atoms with Crippen LogP contribution in [-0.2, 0) is 11.2 Å². The van der Waals surface area contributed by atoms with Crippen LogP contribution < -0.4 is 5.73 Å². The number of hydrogen-bond donors (Lipinski definition) is 1. The fraction of sp³-hybridized carbons (Fsp3) is 0.647. The molecule has 1 aromatic carbocycles. The van der Waals surface area contributed by atoms with Gasteiger partial charge >= 0.3 is 0 Å². The normalized spacial score (nSPS) is 23.5. The number of benzene rings is 1. The fourth-order valence-corrected chi connectivity index (χ4v) is 2.94. The van der Waals surface area contributed by atoms with Gasteiger partial charge in [0.1, 0.15) is 0 Å². The molecule has 2 N–H and O–H groups in total. The van der Waals surface area contributed by atoms with Crippen LogP contribution in [0.4, 0.5) is 0 Å². The van der Waals surface area contributed by atoms with E-state index in [4.69, 9.17) is 10.5 Å². The Kier molecular flexibility index (Phi) is 4.64. The van der Waals surface area contributed by atoms with E-state index in [0.717, 1.165) is 19.4 Å². The minimum Gasteiger partial charge on any atom is -0.372 e. The summed E-state index contributed by atoms with van der Waals surface area (Å²) in [6, 6.07) is 8.80. The number of hydrogen-bond acceptors (Lipinski definition) is 2. The van der Waals surface area contributed by atoms with Crippen LogP contribution in [0.15, 0.2) is 24.3 Å². The van der Waals surface area contributed by atoms with Gasteiger partial charge in [0.15, 0.2) is 0 Å². The number of rotatable bonds is 5. The lowest BCUT2D eigenvalue weighted by Gasteiger charge is -2.22. The second-order valence-corrected chi connectivity index (χ2v) is 6.57. The van der Waals surface area contributed by atoms with Gasteiger partial charge in [-0.3, -0.25) is 0 Å². The number of aryl methyl sites for hydroxylation is 1. The van der Waals surface area contributed by atoms with Crippen LogP contribution in [-0.4, -0.2) is 18.2 Å². The third kappa shape index (κ3) is 4.32. The smallest absolute Gasteiger partial charge is 0.0631 e. The quantitative estimate of drug-likeness (QED) is 0.881. The van der Waals surface area contributed by atoms with Crippen LogP contribution in [0.5, 0.6) is 0 Å². The first-order chi connectivity index (χ1) is 8.98. The van der Waals surface area contributed by atoms with Crippen LogP contribution in [0.3, 0.4) is 0 Å². The highest BCUT2D eigenvalue weighted by molar-refractivity contribution is 5.21. The lowest BCUT2D eigenvalue weighted by molar-refractivity contribution is -0.0240. The minimum absolute atomic E-state index is 0.0632. The average molecular weight is 261 g/mol. The van der Waals surface area contributed by atoms with Gasteiger partial charge in [-0.05, 0) is 64.5 Å². The van der Waals surface area contributed by atoms with Crippen molar-refractivity contribution in [2.45, 2.75) is 58.2 Å². The highest BCUT2D eigenvalue weighted by atomic mass is 16.5. The zero-order chi connectivity index (χ0) is 13.9. The van der Waals surface area contributed by atoms with Gasteiger partial charge < -0.3 is 10.5 Å². The van der Waals surface area contributed by atoms with Gasteiger partial charge in [0.25, 0.3) is 0 Å². The molecule has 2 atom stereocenters. The summed E-state index contributed by atoms with van der Waals surface area (Å²) in [5, 5.41) is 0. The zero-order valence-electron chi connectivity index (χ0n) is 12.5. The molecule has 0 saturated carbocycles. The maximum Gasteiger partial charge on any atom is 0.0631 e. The Morgan fingerprint density at radius 3 is 2.53 bits per heavy atom. The van der Waals surface area contributed by atoms with Crippen molar-refractivity contribution in [1.82, 2.24) is 0 Å². The van der Waals surface area contributed by atoms with Crippen molar-refractivity contribution in [3.05, 3.63) is 35.4 Å². The van der Waals surface area contributed by atoms with Gasteiger partial charge in [-0.25, -0.2) is 0 Å². The molecule has 2 unspecified atom stereocenters. The topological polar surface area (TPSA) is 35.2 Å². The van der Waals surface area contributed by atoms with E-state index in [1.807, 2.05) is 0 Å². The Hall–Kier alpha value is -0.860. The summed E-state index contributed by atoms with van der Waals surface area (Å²) in [4.78, 5) is 0. The first kappa shape index (κ1) is 14.5. The third-order valence-electron chi connectivity index (χ3n) is 4.13. The standard InChI is InChI=1S/C17H27NO/c1-13-4-6-14(7-5-13)10-15(12-18)11-16-8-9-17(2,3)19-16/h4-7,15-16H,8-12,18H2,1-3H3. The van der Waals surface area contributed by atoms with Crippen LogP contribution in [0.2, 0.25) is 0 Å². The van der Waals surface area contributed by atoms with Crippen LogP contribution in [0.1, 0.15) is 44.2 Å². The summed E-state index contributed by atoms with van der Waals surface area (Å²) in [5.74, 6) is 0.529. The largest absolute Gasteiger partial charge is 0.372 e. The number of ether oxygens (including phenoxy) is 1. The van der Waals surface area contributed by atoms with E-state index in [1.165, 1.54) is 24.0 Å². The van der Waals surface area contributed by atoms with E-state index in [9.17, 15) is 0 Å². The molecule has 2 heteroatoms. The van der Waals surface area contributed by atoms with Crippen molar-refractivity contribution in [2.24, 2.45) is 11.7 Å².